The number of hydrogen-bond acceptors (Lipinski definition) is 4. The van der Waals surface area contributed by atoms with Crippen LogP contribution in [0.25, 0.3) is 0 Å². The largest absolute Gasteiger partial charge is 0.395 e. The quantitative estimate of drug-likeness (QED) is 0.717. The number of benzene rings is 1. The first-order chi connectivity index (χ1) is 8.24. The van der Waals surface area contributed by atoms with Crippen molar-refractivity contribution in [3.05, 3.63) is 23.8 Å². The number of nitrogens with zero attached hydrogens (tertiary/aromatic N) is 1. The number of fused-ring (bicyclic) bond motifs is 1. The first-order valence-corrected chi connectivity index (χ1v) is 5.71. The molecule has 0 atom stereocenters. The highest BCUT2D eigenvalue weighted by molar-refractivity contribution is 6.02. The number of aliphatic hydroxyl groups is 1. The minimum Gasteiger partial charge on any atom is -0.395 e. The molecule has 92 valence electrons. The van der Waals surface area contributed by atoms with Crippen LogP contribution in [0.2, 0.25) is 0 Å². The zero-order valence-corrected chi connectivity index (χ0v) is 9.86. The number of aliphatic hydroxyl groups excluding tert-OH is 1. The molecular formula is C12H17N3O2. The van der Waals surface area contributed by atoms with Crippen molar-refractivity contribution in [3.63, 3.8) is 0 Å². The van der Waals surface area contributed by atoms with Crippen LogP contribution in [0.15, 0.2) is 18.2 Å². The van der Waals surface area contributed by atoms with Gasteiger partial charge in [-0.1, -0.05) is 6.07 Å². The maximum atomic E-state index is 12.2. The van der Waals surface area contributed by atoms with Crippen LogP contribution in [0.5, 0.6) is 0 Å². The van der Waals surface area contributed by atoms with Gasteiger partial charge in [0.1, 0.15) is 0 Å². The Bertz CT molecular complexity index is 420. The first kappa shape index (κ1) is 11.7. The standard InChI is InChI=1S/C12H17N3O2/c1-15(7-8-16)12(17)9-3-2-4-10-11(9)14-6-5-13-10/h2-4,13-14,16H,5-8H2,1H3. The third-order valence-corrected chi connectivity index (χ3v) is 2.82. The van der Waals surface area contributed by atoms with Crippen LogP contribution in [0, 0.1) is 0 Å². The zero-order chi connectivity index (χ0) is 12.3. The minimum atomic E-state index is -0.0768. The van der Waals surface area contributed by atoms with E-state index in [1.54, 1.807) is 13.1 Å². The summed E-state index contributed by atoms with van der Waals surface area (Å²) in [6, 6.07) is 5.61. The predicted octanol–water partition coefficient (Wildman–Crippen LogP) is 0.588. The van der Waals surface area contributed by atoms with Crippen LogP contribution >= 0.6 is 0 Å². The van der Waals surface area contributed by atoms with Gasteiger partial charge in [-0.15, -0.1) is 0 Å². The van der Waals surface area contributed by atoms with Crippen LogP contribution in [0.4, 0.5) is 11.4 Å². The lowest BCUT2D eigenvalue weighted by Gasteiger charge is -2.24. The molecule has 1 aliphatic heterocycles. The number of carbonyl (C=O) groups is 1. The van der Waals surface area contributed by atoms with Gasteiger partial charge >= 0.3 is 0 Å². The lowest BCUT2D eigenvalue weighted by molar-refractivity contribution is 0.0768. The van der Waals surface area contributed by atoms with Gasteiger partial charge in [-0.05, 0) is 12.1 Å². The van der Waals surface area contributed by atoms with Gasteiger partial charge in [0.2, 0.25) is 0 Å². The molecule has 5 heteroatoms. The monoisotopic (exact) mass is 235 g/mol. The fourth-order valence-corrected chi connectivity index (χ4v) is 1.91. The highest BCUT2D eigenvalue weighted by Crippen LogP contribution is 2.28. The lowest BCUT2D eigenvalue weighted by Crippen LogP contribution is -2.31. The molecule has 0 bridgehead atoms. The summed E-state index contributed by atoms with van der Waals surface area (Å²) >= 11 is 0. The van der Waals surface area contributed by atoms with E-state index in [4.69, 9.17) is 5.11 Å². The van der Waals surface area contributed by atoms with Gasteiger partial charge < -0.3 is 20.6 Å². The Balaban J connectivity index is 2.29. The van der Waals surface area contributed by atoms with Crippen LogP contribution in [0.3, 0.4) is 0 Å². The summed E-state index contributed by atoms with van der Waals surface area (Å²) in [6.07, 6.45) is 0. The van der Waals surface area contributed by atoms with Crippen molar-refractivity contribution in [1.29, 1.82) is 0 Å². The van der Waals surface area contributed by atoms with Crippen molar-refractivity contribution in [1.82, 2.24) is 4.90 Å². The van der Waals surface area contributed by atoms with Gasteiger partial charge in [0.05, 0.1) is 23.5 Å². The van der Waals surface area contributed by atoms with E-state index in [0.717, 1.165) is 24.5 Å². The second-order valence-electron chi connectivity index (χ2n) is 4.03. The molecule has 1 aromatic rings. The Morgan fingerprint density at radius 1 is 1.41 bits per heavy atom. The Morgan fingerprint density at radius 2 is 2.18 bits per heavy atom. The van der Waals surface area contributed by atoms with Crippen LogP contribution in [-0.4, -0.2) is 49.2 Å². The molecular weight excluding hydrogens is 218 g/mol. The molecule has 0 fully saturated rings. The SMILES string of the molecule is CN(CCO)C(=O)c1cccc2c1NCCN2. The molecule has 0 unspecified atom stereocenters. The van der Waals surface area contributed by atoms with Gasteiger partial charge in [-0.3, -0.25) is 4.79 Å². The number of nitrogens with one attached hydrogen (secondary N) is 2. The van der Waals surface area contributed by atoms with Crippen molar-refractivity contribution in [2.45, 2.75) is 0 Å². The Hall–Kier alpha value is -1.75. The number of hydrogen-bond donors (Lipinski definition) is 3. The average Bonchev–Trinajstić information content (AvgIpc) is 2.37. The van der Waals surface area contributed by atoms with Crippen LogP contribution in [0.1, 0.15) is 10.4 Å². The first-order valence-electron chi connectivity index (χ1n) is 5.71. The Labute approximate surface area is 100 Å². The molecule has 0 radical (unpaired) electrons. The van der Waals surface area contributed by atoms with E-state index in [1.807, 2.05) is 12.1 Å². The molecule has 5 nitrogen and oxygen atoms in total. The molecule has 0 aliphatic carbocycles. The number of rotatable bonds is 3. The molecule has 0 aromatic heterocycles. The maximum Gasteiger partial charge on any atom is 0.255 e. The molecule has 0 saturated carbocycles. The van der Waals surface area contributed by atoms with E-state index < -0.39 is 0 Å². The van der Waals surface area contributed by atoms with E-state index in [-0.39, 0.29) is 12.5 Å². The topological polar surface area (TPSA) is 64.6 Å². The minimum absolute atomic E-state index is 0.0249. The lowest BCUT2D eigenvalue weighted by atomic mass is 10.1. The number of likely N-dealkylation sites (N-methyl/N-ethyl adjacent to an activating group) is 1. The molecule has 3 N–H and O–H groups in total. The van der Waals surface area contributed by atoms with E-state index >= 15 is 0 Å². The van der Waals surface area contributed by atoms with Crippen molar-refractivity contribution < 1.29 is 9.90 Å². The fraction of sp³-hybridized carbons (Fsp3) is 0.417. The summed E-state index contributed by atoms with van der Waals surface area (Å²) in [5.41, 5.74) is 2.46. The number of amides is 1. The summed E-state index contributed by atoms with van der Waals surface area (Å²) < 4.78 is 0. The molecule has 1 aromatic carbocycles. The van der Waals surface area contributed by atoms with E-state index in [1.165, 1.54) is 4.90 Å². The summed E-state index contributed by atoms with van der Waals surface area (Å²) in [6.45, 7) is 1.98. The summed E-state index contributed by atoms with van der Waals surface area (Å²) in [4.78, 5) is 13.7. The molecule has 1 heterocycles. The normalized spacial score (nSPS) is 13.3. The third kappa shape index (κ3) is 2.34. The summed E-state index contributed by atoms with van der Waals surface area (Å²) in [7, 11) is 1.69. The Morgan fingerprint density at radius 3 is 2.94 bits per heavy atom. The van der Waals surface area contributed by atoms with E-state index in [0.29, 0.717) is 12.1 Å². The molecule has 0 spiro atoms. The average molecular weight is 235 g/mol. The molecule has 1 aliphatic rings. The van der Waals surface area contributed by atoms with Crippen molar-refractivity contribution in [3.8, 4) is 0 Å². The zero-order valence-electron chi connectivity index (χ0n) is 9.86. The Kier molecular flexibility index (Phi) is 3.49. The van der Waals surface area contributed by atoms with Crippen molar-refractivity contribution in [2.75, 3.05) is 43.9 Å². The number of para-hydroxylation sites is 1. The molecule has 0 saturated heterocycles. The predicted molar refractivity (Wildman–Crippen MR) is 67.5 cm³/mol. The highest BCUT2D eigenvalue weighted by atomic mass is 16.3. The van der Waals surface area contributed by atoms with Gasteiger partial charge in [-0.2, -0.15) is 0 Å². The van der Waals surface area contributed by atoms with Crippen LogP contribution in [-0.2, 0) is 0 Å². The number of carbonyl (C=O) groups excluding carboxylic acids is 1. The summed E-state index contributed by atoms with van der Waals surface area (Å²) in [5.74, 6) is -0.0768. The van der Waals surface area contributed by atoms with Gasteiger partial charge in [-0.25, -0.2) is 0 Å². The van der Waals surface area contributed by atoms with Gasteiger partial charge in [0.15, 0.2) is 0 Å². The second-order valence-corrected chi connectivity index (χ2v) is 4.03. The molecule has 17 heavy (non-hydrogen) atoms. The van der Waals surface area contributed by atoms with E-state index in [2.05, 4.69) is 10.6 Å². The van der Waals surface area contributed by atoms with Crippen molar-refractivity contribution >= 4 is 17.3 Å². The number of anilines is 2. The highest BCUT2D eigenvalue weighted by Gasteiger charge is 2.19. The van der Waals surface area contributed by atoms with Gasteiger partial charge in [0.25, 0.3) is 5.91 Å². The molecule has 1 amide bonds. The molecule has 2 rings (SSSR count). The maximum absolute atomic E-state index is 12.2. The van der Waals surface area contributed by atoms with E-state index in [9.17, 15) is 4.79 Å². The smallest absolute Gasteiger partial charge is 0.255 e. The summed E-state index contributed by atoms with van der Waals surface area (Å²) in [5, 5.41) is 15.3. The second kappa shape index (κ2) is 5.05. The third-order valence-electron chi connectivity index (χ3n) is 2.82. The van der Waals surface area contributed by atoms with Crippen LogP contribution < -0.4 is 10.6 Å². The van der Waals surface area contributed by atoms with Gasteiger partial charge in [0, 0.05) is 26.7 Å². The fourth-order valence-electron chi connectivity index (χ4n) is 1.91. The van der Waals surface area contributed by atoms with Crippen molar-refractivity contribution in [2.24, 2.45) is 0 Å².